The van der Waals surface area contributed by atoms with Gasteiger partial charge in [-0.3, -0.25) is 19.1 Å². The van der Waals surface area contributed by atoms with Gasteiger partial charge < -0.3 is 15.2 Å². The lowest BCUT2D eigenvalue weighted by molar-refractivity contribution is -0.151. The minimum absolute atomic E-state index is 0.176. The van der Waals surface area contributed by atoms with E-state index in [0.717, 1.165) is 0 Å². The summed E-state index contributed by atoms with van der Waals surface area (Å²) in [5.74, 6) is -0.340. The third-order valence-corrected chi connectivity index (χ3v) is 3.44. The number of esters is 1. The molecular formula is C13H19N3O5. The van der Waals surface area contributed by atoms with Crippen LogP contribution in [-0.2, 0) is 14.3 Å². The predicted molar refractivity (Wildman–Crippen MR) is 73.8 cm³/mol. The van der Waals surface area contributed by atoms with Crippen molar-refractivity contribution < 1.29 is 14.3 Å². The zero-order valence-electron chi connectivity index (χ0n) is 12.0. The smallest absolute Gasteiger partial charge is 0.330 e. The summed E-state index contributed by atoms with van der Waals surface area (Å²) in [5, 5.41) is 0. The van der Waals surface area contributed by atoms with E-state index in [1.165, 1.54) is 10.8 Å². The van der Waals surface area contributed by atoms with Crippen LogP contribution in [0.3, 0.4) is 0 Å². The Labute approximate surface area is 120 Å². The fourth-order valence-electron chi connectivity index (χ4n) is 2.26. The maximum absolute atomic E-state index is 11.8. The van der Waals surface area contributed by atoms with Crippen molar-refractivity contribution in [3.05, 3.63) is 32.6 Å². The van der Waals surface area contributed by atoms with Gasteiger partial charge in [-0.2, -0.15) is 0 Å². The van der Waals surface area contributed by atoms with Gasteiger partial charge in [0, 0.05) is 31.1 Å². The number of hydrogen-bond acceptors (Lipinski definition) is 6. The predicted octanol–water partition coefficient (Wildman–Crippen LogP) is -0.587. The van der Waals surface area contributed by atoms with Crippen LogP contribution in [0.25, 0.3) is 0 Å². The molecule has 0 aromatic carbocycles. The van der Waals surface area contributed by atoms with Crippen LogP contribution in [-0.4, -0.2) is 34.3 Å². The Kier molecular flexibility index (Phi) is 4.59. The second-order valence-electron chi connectivity index (χ2n) is 4.96. The SMILES string of the molecule is CCC(=O)OC1CC(n2cc(C)c(=O)[nH]c2=O)OC1CN. The molecule has 0 radical (unpaired) electrons. The lowest BCUT2D eigenvalue weighted by atomic mass is 10.1. The molecule has 0 bridgehead atoms. The number of aryl methyl sites for hydroxylation is 1. The van der Waals surface area contributed by atoms with Crippen molar-refractivity contribution in [3.63, 3.8) is 0 Å². The molecule has 8 nitrogen and oxygen atoms in total. The van der Waals surface area contributed by atoms with E-state index >= 15 is 0 Å². The average molecular weight is 297 g/mol. The van der Waals surface area contributed by atoms with Crippen LogP contribution in [0.1, 0.15) is 31.6 Å². The van der Waals surface area contributed by atoms with Gasteiger partial charge >= 0.3 is 11.7 Å². The Morgan fingerprint density at radius 3 is 2.90 bits per heavy atom. The maximum Gasteiger partial charge on any atom is 0.330 e. The third kappa shape index (κ3) is 3.22. The summed E-state index contributed by atoms with van der Waals surface area (Å²) in [7, 11) is 0. The lowest BCUT2D eigenvalue weighted by Crippen LogP contribution is -2.34. The number of aromatic nitrogens is 2. The number of nitrogens with two attached hydrogens (primary N) is 1. The molecule has 3 unspecified atom stereocenters. The Morgan fingerprint density at radius 1 is 1.57 bits per heavy atom. The van der Waals surface area contributed by atoms with E-state index in [2.05, 4.69) is 4.98 Å². The number of nitrogens with zero attached hydrogens (tertiary/aromatic N) is 1. The van der Waals surface area contributed by atoms with E-state index < -0.39 is 29.7 Å². The summed E-state index contributed by atoms with van der Waals surface area (Å²) in [6.45, 7) is 3.47. The second kappa shape index (κ2) is 6.23. The molecule has 0 aliphatic carbocycles. The molecule has 1 aliphatic heterocycles. The number of hydrogen-bond donors (Lipinski definition) is 2. The van der Waals surface area contributed by atoms with E-state index in [4.69, 9.17) is 15.2 Å². The van der Waals surface area contributed by atoms with Crippen molar-refractivity contribution in [2.45, 2.75) is 45.1 Å². The first kappa shape index (κ1) is 15.5. The maximum atomic E-state index is 11.8. The summed E-state index contributed by atoms with van der Waals surface area (Å²) >= 11 is 0. The minimum Gasteiger partial charge on any atom is -0.459 e. The fraction of sp³-hybridized carbons (Fsp3) is 0.615. The number of carbonyl (C=O) groups is 1. The van der Waals surface area contributed by atoms with Crippen molar-refractivity contribution in [3.8, 4) is 0 Å². The highest BCUT2D eigenvalue weighted by molar-refractivity contribution is 5.69. The molecule has 0 amide bonds. The quantitative estimate of drug-likeness (QED) is 0.718. The Bertz CT molecular complexity index is 635. The molecule has 1 aliphatic rings. The topological polar surface area (TPSA) is 116 Å². The van der Waals surface area contributed by atoms with E-state index in [1.54, 1.807) is 13.8 Å². The van der Waals surface area contributed by atoms with Crippen LogP contribution in [0, 0.1) is 6.92 Å². The molecule has 1 aromatic heterocycles. The van der Waals surface area contributed by atoms with E-state index in [0.29, 0.717) is 12.0 Å². The highest BCUT2D eigenvalue weighted by atomic mass is 16.6. The first-order valence-electron chi connectivity index (χ1n) is 6.83. The van der Waals surface area contributed by atoms with Gasteiger partial charge in [-0.05, 0) is 6.92 Å². The molecule has 116 valence electrons. The molecule has 3 atom stereocenters. The highest BCUT2D eigenvalue weighted by Crippen LogP contribution is 2.29. The number of nitrogens with one attached hydrogen (secondary N) is 1. The first-order chi connectivity index (χ1) is 9.96. The molecule has 1 fully saturated rings. The Morgan fingerprint density at radius 2 is 2.29 bits per heavy atom. The summed E-state index contributed by atoms with van der Waals surface area (Å²) in [4.78, 5) is 36.8. The number of carbonyl (C=O) groups excluding carboxylic acids is 1. The van der Waals surface area contributed by atoms with Crippen LogP contribution in [0.2, 0.25) is 0 Å². The number of aromatic amines is 1. The molecule has 1 aromatic rings. The van der Waals surface area contributed by atoms with Crippen molar-refractivity contribution in [1.82, 2.24) is 9.55 Å². The summed E-state index contributed by atoms with van der Waals surface area (Å²) < 4.78 is 12.2. The summed E-state index contributed by atoms with van der Waals surface area (Å²) in [6.07, 6.45) is 0.436. The van der Waals surface area contributed by atoms with Gasteiger partial charge in [0.05, 0.1) is 0 Å². The van der Waals surface area contributed by atoms with Crippen LogP contribution >= 0.6 is 0 Å². The fourth-order valence-corrected chi connectivity index (χ4v) is 2.26. The van der Waals surface area contributed by atoms with Crippen molar-refractivity contribution in [1.29, 1.82) is 0 Å². The molecule has 3 N–H and O–H groups in total. The summed E-state index contributed by atoms with van der Waals surface area (Å²) in [6, 6.07) is 0. The molecule has 0 saturated carbocycles. The summed E-state index contributed by atoms with van der Waals surface area (Å²) in [5.41, 5.74) is 5.02. The third-order valence-electron chi connectivity index (χ3n) is 3.44. The van der Waals surface area contributed by atoms with Gasteiger partial charge in [-0.25, -0.2) is 4.79 Å². The van der Waals surface area contributed by atoms with Crippen LogP contribution in [0.5, 0.6) is 0 Å². The lowest BCUT2D eigenvalue weighted by Gasteiger charge is -2.16. The average Bonchev–Trinajstić information content (AvgIpc) is 2.85. The van der Waals surface area contributed by atoms with Gasteiger partial charge in [0.25, 0.3) is 5.56 Å². The van der Waals surface area contributed by atoms with Gasteiger partial charge in [-0.1, -0.05) is 6.92 Å². The van der Waals surface area contributed by atoms with Crippen LogP contribution in [0.4, 0.5) is 0 Å². The molecular weight excluding hydrogens is 278 g/mol. The van der Waals surface area contributed by atoms with Gasteiger partial charge in [-0.15, -0.1) is 0 Å². The standard InChI is InChI=1S/C13H19N3O5/c1-3-11(17)21-8-4-10(20-9(8)5-14)16-6-7(2)12(18)15-13(16)19/h6,8-10H,3-5,14H2,1-2H3,(H,15,18,19). The molecule has 2 heterocycles. The largest absolute Gasteiger partial charge is 0.459 e. The number of rotatable bonds is 4. The van der Waals surface area contributed by atoms with Crippen LogP contribution < -0.4 is 17.0 Å². The Hall–Kier alpha value is -1.93. The zero-order chi connectivity index (χ0) is 15.6. The van der Waals surface area contributed by atoms with Gasteiger partial charge in [0.15, 0.2) is 0 Å². The minimum atomic E-state index is -0.615. The van der Waals surface area contributed by atoms with Crippen molar-refractivity contribution in [2.75, 3.05) is 6.54 Å². The zero-order valence-corrected chi connectivity index (χ0v) is 12.0. The highest BCUT2D eigenvalue weighted by Gasteiger charge is 2.38. The molecule has 1 saturated heterocycles. The first-order valence-corrected chi connectivity index (χ1v) is 6.83. The van der Waals surface area contributed by atoms with Gasteiger partial charge in [0.1, 0.15) is 18.4 Å². The normalized spacial score (nSPS) is 25.0. The second-order valence-corrected chi connectivity index (χ2v) is 4.96. The van der Waals surface area contributed by atoms with Crippen LogP contribution in [0.15, 0.2) is 15.8 Å². The van der Waals surface area contributed by atoms with Crippen molar-refractivity contribution in [2.24, 2.45) is 5.73 Å². The monoisotopic (exact) mass is 297 g/mol. The molecule has 0 spiro atoms. The van der Waals surface area contributed by atoms with Gasteiger partial charge in [0.2, 0.25) is 0 Å². The number of ether oxygens (including phenoxy) is 2. The van der Waals surface area contributed by atoms with E-state index in [1.807, 2.05) is 0 Å². The molecule has 2 rings (SSSR count). The molecule has 8 heteroatoms. The Balaban J connectivity index is 2.23. The van der Waals surface area contributed by atoms with Crippen molar-refractivity contribution >= 4 is 5.97 Å². The van der Waals surface area contributed by atoms with E-state index in [9.17, 15) is 14.4 Å². The number of H-pyrrole nitrogens is 1. The van der Waals surface area contributed by atoms with E-state index in [-0.39, 0.29) is 18.9 Å². The molecule has 21 heavy (non-hydrogen) atoms.